The predicted octanol–water partition coefficient (Wildman–Crippen LogP) is 1.92. The van der Waals surface area contributed by atoms with E-state index in [9.17, 15) is 9.59 Å². The van der Waals surface area contributed by atoms with E-state index in [0.717, 1.165) is 0 Å². The summed E-state index contributed by atoms with van der Waals surface area (Å²) >= 11 is 12.0. The first kappa shape index (κ1) is 14.0. The van der Waals surface area contributed by atoms with Gasteiger partial charge in [-0.05, 0) is 18.6 Å². The van der Waals surface area contributed by atoms with Crippen LogP contribution in [0.4, 0.5) is 5.69 Å². The summed E-state index contributed by atoms with van der Waals surface area (Å²) in [6.45, 7) is 0. The highest BCUT2D eigenvalue weighted by Gasteiger charge is 2.35. The minimum absolute atomic E-state index is 0.205. The zero-order valence-corrected chi connectivity index (χ0v) is 11.6. The zero-order valence-electron chi connectivity index (χ0n) is 10.1. The highest BCUT2D eigenvalue weighted by atomic mass is 35.5. The Morgan fingerprint density at radius 1 is 1.42 bits per heavy atom. The molecule has 5 nitrogen and oxygen atoms in total. The van der Waals surface area contributed by atoms with Crippen LogP contribution >= 0.6 is 23.2 Å². The molecule has 0 bridgehead atoms. The third-order valence-corrected chi connectivity index (χ3v) is 3.60. The van der Waals surface area contributed by atoms with Crippen molar-refractivity contribution in [2.24, 2.45) is 5.73 Å². The van der Waals surface area contributed by atoms with E-state index in [4.69, 9.17) is 28.9 Å². The van der Waals surface area contributed by atoms with Gasteiger partial charge < -0.3 is 15.8 Å². The van der Waals surface area contributed by atoms with Gasteiger partial charge in [0.2, 0.25) is 5.91 Å². The number of fused-ring (bicyclic) bond motifs is 1. The molecule has 0 spiro atoms. The number of rotatable bonds is 2. The molecule has 1 aromatic rings. The molecular formula is C12H12Cl2N2O3. The molecule has 1 amide bonds. The van der Waals surface area contributed by atoms with Gasteiger partial charge in [0.15, 0.2) is 0 Å². The molecule has 1 aliphatic heterocycles. The summed E-state index contributed by atoms with van der Waals surface area (Å²) in [6, 6.07) is 2.50. The summed E-state index contributed by atoms with van der Waals surface area (Å²) < 4.78 is 4.67. The Labute approximate surface area is 120 Å². The van der Waals surface area contributed by atoms with Crippen molar-refractivity contribution in [1.82, 2.24) is 0 Å². The molecule has 19 heavy (non-hydrogen) atoms. The monoisotopic (exact) mass is 302 g/mol. The molecule has 3 N–H and O–H groups in total. The number of esters is 1. The van der Waals surface area contributed by atoms with Crippen molar-refractivity contribution in [2.75, 3.05) is 12.4 Å². The maximum Gasteiger partial charge on any atom is 0.328 e. The van der Waals surface area contributed by atoms with Crippen LogP contribution in [0.5, 0.6) is 0 Å². The van der Waals surface area contributed by atoms with E-state index in [2.05, 4.69) is 10.1 Å². The van der Waals surface area contributed by atoms with Crippen LogP contribution in [0.2, 0.25) is 10.0 Å². The van der Waals surface area contributed by atoms with E-state index in [1.165, 1.54) is 13.2 Å². The summed E-state index contributed by atoms with van der Waals surface area (Å²) in [5, 5.41) is 3.72. The third kappa shape index (κ3) is 2.62. The fourth-order valence-corrected chi connectivity index (χ4v) is 2.84. The Kier molecular flexibility index (Phi) is 3.87. The number of carbonyl (C=O) groups excluding carboxylic acids is 2. The number of halogens is 2. The largest absolute Gasteiger partial charge is 0.467 e. The van der Waals surface area contributed by atoms with Gasteiger partial charge in [0.25, 0.3) is 0 Å². The van der Waals surface area contributed by atoms with Crippen LogP contribution in [0.1, 0.15) is 17.9 Å². The molecule has 0 saturated heterocycles. The van der Waals surface area contributed by atoms with Gasteiger partial charge in [-0.25, -0.2) is 4.79 Å². The van der Waals surface area contributed by atoms with E-state index in [-0.39, 0.29) is 6.42 Å². The SMILES string of the molecule is COC(=O)[C@@H]1C[C@H](C(N)=O)c2c(Cl)cc(Cl)cc2N1. The first-order valence-electron chi connectivity index (χ1n) is 5.56. The van der Waals surface area contributed by atoms with Gasteiger partial charge in [0.1, 0.15) is 6.04 Å². The summed E-state index contributed by atoms with van der Waals surface area (Å²) in [5.74, 6) is -1.65. The molecule has 0 fully saturated rings. The van der Waals surface area contributed by atoms with E-state index < -0.39 is 23.8 Å². The topological polar surface area (TPSA) is 81.4 Å². The first-order chi connectivity index (χ1) is 8.93. The highest BCUT2D eigenvalue weighted by molar-refractivity contribution is 6.36. The summed E-state index contributed by atoms with van der Waals surface area (Å²) in [4.78, 5) is 23.2. The van der Waals surface area contributed by atoms with Crippen LogP contribution in [0.15, 0.2) is 12.1 Å². The molecule has 1 heterocycles. The van der Waals surface area contributed by atoms with E-state index >= 15 is 0 Å². The van der Waals surface area contributed by atoms with Crippen LogP contribution in [-0.4, -0.2) is 25.0 Å². The van der Waals surface area contributed by atoms with Gasteiger partial charge >= 0.3 is 5.97 Å². The quantitative estimate of drug-likeness (QED) is 0.818. The van der Waals surface area contributed by atoms with Crippen LogP contribution < -0.4 is 11.1 Å². The standard InChI is InChI=1S/C12H12Cl2N2O3/c1-19-12(18)9-4-6(11(15)17)10-7(14)2-5(13)3-8(10)16-9/h2-3,6,9,16H,4H2,1H3,(H2,15,17)/t6-,9-/m0/s1. The summed E-state index contributed by atoms with van der Waals surface area (Å²) in [7, 11) is 1.28. The van der Waals surface area contributed by atoms with Gasteiger partial charge in [0.05, 0.1) is 13.0 Å². The van der Waals surface area contributed by atoms with Crippen LogP contribution in [0, 0.1) is 0 Å². The summed E-state index contributed by atoms with van der Waals surface area (Å²) in [6.07, 6.45) is 0.205. The van der Waals surface area contributed by atoms with Crippen molar-refractivity contribution < 1.29 is 14.3 Å². The number of hydrogen-bond acceptors (Lipinski definition) is 4. The highest BCUT2D eigenvalue weighted by Crippen LogP contribution is 2.40. The molecule has 7 heteroatoms. The second kappa shape index (κ2) is 5.27. The number of methoxy groups -OCH3 is 1. The lowest BCUT2D eigenvalue weighted by Crippen LogP contribution is -2.39. The predicted molar refractivity (Wildman–Crippen MR) is 72.4 cm³/mol. The molecular weight excluding hydrogens is 291 g/mol. The van der Waals surface area contributed by atoms with Gasteiger partial charge in [0, 0.05) is 21.3 Å². The van der Waals surface area contributed by atoms with E-state index in [1.54, 1.807) is 6.07 Å². The average Bonchev–Trinajstić information content (AvgIpc) is 2.35. The maximum atomic E-state index is 11.6. The van der Waals surface area contributed by atoms with Crippen molar-refractivity contribution in [2.45, 2.75) is 18.4 Å². The molecule has 1 aliphatic rings. The van der Waals surface area contributed by atoms with Crippen molar-refractivity contribution >= 4 is 40.8 Å². The number of benzene rings is 1. The Morgan fingerprint density at radius 3 is 2.68 bits per heavy atom. The van der Waals surface area contributed by atoms with Crippen molar-refractivity contribution in [3.63, 3.8) is 0 Å². The lowest BCUT2D eigenvalue weighted by molar-refractivity contribution is -0.141. The second-order valence-electron chi connectivity index (χ2n) is 4.26. The molecule has 102 valence electrons. The minimum atomic E-state index is -0.649. The van der Waals surface area contributed by atoms with Crippen molar-refractivity contribution in [3.8, 4) is 0 Å². The average molecular weight is 303 g/mol. The van der Waals surface area contributed by atoms with E-state index in [1.807, 2.05) is 0 Å². The number of primary amides is 1. The Balaban J connectivity index is 2.49. The molecule has 1 aromatic carbocycles. The van der Waals surface area contributed by atoms with Gasteiger partial charge in [-0.15, -0.1) is 0 Å². The second-order valence-corrected chi connectivity index (χ2v) is 5.10. The summed E-state index contributed by atoms with van der Waals surface area (Å²) in [5.41, 5.74) is 6.48. The van der Waals surface area contributed by atoms with Gasteiger partial charge in [-0.1, -0.05) is 23.2 Å². The normalized spacial score (nSPS) is 21.2. The molecule has 0 radical (unpaired) electrons. The third-order valence-electron chi connectivity index (χ3n) is 3.07. The Hall–Kier alpha value is -1.46. The van der Waals surface area contributed by atoms with Gasteiger partial charge in [-0.2, -0.15) is 0 Å². The molecule has 2 atom stereocenters. The lowest BCUT2D eigenvalue weighted by Gasteiger charge is -2.31. The number of carbonyl (C=O) groups is 2. The number of nitrogens with two attached hydrogens (primary N) is 1. The number of anilines is 1. The maximum absolute atomic E-state index is 11.6. The molecule has 0 unspecified atom stereocenters. The van der Waals surface area contributed by atoms with Crippen molar-refractivity contribution in [3.05, 3.63) is 27.7 Å². The van der Waals surface area contributed by atoms with Crippen molar-refractivity contribution in [1.29, 1.82) is 0 Å². The number of ether oxygens (including phenoxy) is 1. The van der Waals surface area contributed by atoms with Crippen LogP contribution in [0.3, 0.4) is 0 Å². The van der Waals surface area contributed by atoms with Crippen LogP contribution in [-0.2, 0) is 14.3 Å². The fraction of sp³-hybridized carbons (Fsp3) is 0.333. The lowest BCUT2D eigenvalue weighted by atomic mass is 9.86. The Bertz CT molecular complexity index is 548. The van der Waals surface area contributed by atoms with Gasteiger partial charge in [-0.3, -0.25) is 4.79 Å². The molecule has 2 rings (SSSR count). The minimum Gasteiger partial charge on any atom is -0.467 e. The molecule has 0 aliphatic carbocycles. The molecule has 0 saturated carbocycles. The Morgan fingerprint density at radius 2 is 2.11 bits per heavy atom. The first-order valence-corrected chi connectivity index (χ1v) is 6.32. The smallest absolute Gasteiger partial charge is 0.328 e. The van der Waals surface area contributed by atoms with Crippen LogP contribution in [0.25, 0.3) is 0 Å². The molecule has 0 aromatic heterocycles. The number of hydrogen-bond donors (Lipinski definition) is 2. The number of nitrogens with one attached hydrogen (secondary N) is 1. The zero-order chi connectivity index (χ0) is 14.2. The van der Waals surface area contributed by atoms with E-state index in [0.29, 0.717) is 21.3 Å². The fourth-order valence-electron chi connectivity index (χ4n) is 2.21. The number of amides is 1.